The number of nitrogen functional groups attached to an aromatic ring is 1. The van der Waals surface area contributed by atoms with Crippen LogP contribution in [0.5, 0.6) is 0 Å². The van der Waals surface area contributed by atoms with Gasteiger partial charge in [-0.05, 0) is 24.4 Å². The number of H-pyrrole nitrogens is 1. The molecular weight excluding hydrogens is 288 g/mol. The largest absolute Gasteiger partial charge is 0.382 e. The van der Waals surface area contributed by atoms with Crippen molar-refractivity contribution in [2.24, 2.45) is 0 Å². The van der Waals surface area contributed by atoms with E-state index in [4.69, 9.17) is 5.73 Å². The van der Waals surface area contributed by atoms with Gasteiger partial charge in [0.2, 0.25) is 0 Å². The Labute approximate surface area is 113 Å². The molecule has 1 fully saturated rings. The Hall–Kier alpha value is -1.68. The van der Waals surface area contributed by atoms with Crippen molar-refractivity contribution in [3.63, 3.8) is 0 Å². The Morgan fingerprint density at radius 1 is 1.53 bits per heavy atom. The summed E-state index contributed by atoms with van der Waals surface area (Å²) in [4.78, 5) is 4.08. The zero-order chi connectivity index (χ0) is 13.5. The first-order valence-corrected chi connectivity index (χ1v) is 7.98. The number of aromatic amines is 1. The van der Waals surface area contributed by atoms with E-state index in [0.717, 1.165) is 11.5 Å². The lowest BCUT2D eigenvalue weighted by Crippen LogP contribution is -2.11. The van der Waals surface area contributed by atoms with E-state index in [0.29, 0.717) is 30.2 Å². The van der Waals surface area contributed by atoms with Gasteiger partial charge in [-0.2, -0.15) is 9.47 Å². The average Bonchev–Trinajstić information content (AvgIpc) is 2.99. The molecule has 19 heavy (non-hydrogen) atoms. The monoisotopic (exact) mass is 300 g/mol. The van der Waals surface area contributed by atoms with Crippen LogP contribution in [0.15, 0.2) is 11.2 Å². The SMILES string of the molecule is Nc1nsc(NCc2ncn[nH]2)c1S(=O)(=O)C1CC1. The van der Waals surface area contributed by atoms with Crippen molar-refractivity contribution in [2.45, 2.75) is 29.5 Å². The van der Waals surface area contributed by atoms with E-state index in [1.165, 1.54) is 6.33 Å². The number of nitrogens with two attached hydrogens (primary N) is 1. The predicted octanol–water partition coefficient (Wildman–Crippen LogP) is 0.392. The molecule has 3 rings (SSSR count). The Morgan fingerprint density at radius 2 is 2.32 bits per heavy atom. The van der Waals surface area contributed by atoms with E-state index in [9.17, 15) is 8.42 Å². The fraction of sp³-hybridized carbons (Fsp3) is 0.444. The Morgan fingerprint density at radius 3 is 2.95 bits per heavy atom. The molecule has 0 aromatic carbocycles. The van der Waals surface area contributed by atoms with Crippen molar-refractivity contribution >= 4 is 32.2 Å². The van der Waals surface area contributed by atoms with Crippen LogP contribution in [0.1, 0.15) is 18.7 Å². The minimum Gasteiger partial charge on any atom is -0.382 e. The molecule has 0 atom stereocenters. The number of sulfone groups is 1. The molecule has 0 spiro atoms. The van der Waals surface area contributed by atoms with E-state index < -0.39 is 9.84 Å². The van der Waals surface area contributed by atoms with E-state index >= 15 is 0 Å². The van der Waals surface area contributed by atoms with E-state index in [-0.39, 0.29) is 16.0 Å². The number of nitrogens with zero attached hydrogens (tertiary/aromatic N) is 3. The summed E-state index contributed by atoms with van der Waals surface area (Å²) in [7, 11) is -3.36. The van der Waals surface area contributed by atoms with Crippen molar-refractivity contribution in [1.82, 2.24) is 19.6 Å². The van der Waals surface area contributed by atoms with Gasteiger partial charge in [0.1, 0.15) is 22.0 Å². The molecule has 0 amide bonds. The topological polar surface area (TPSA) is 127 Å². The molecule has 0 unspecified atom stereocenters. The standard InChI is InChI=1S/C9H12N6O2S2/c10-8-7(19(16,17)5-1-2-5)9(18-15-8)11-3-6-12-4-13-14-6/h4-5,11H,1-3H2,(H2,10,15)(H,12,13,14). The van der Waals surface area contributed by atoms with Crippen molar-refractivity contribution in [3.05, 3.63) is 12.2 Å². The summed E-state index contributed by atoms with van der Waals surface area (Å²) in [6, 6.07) is 0. The number of rotatable bonds is 5. The second kappa shape index (κ2) is 4.46. The second-order valence-corrected chi connectivity index (χ2v) is 7.19. The highest BCUT2D eigenvalue weighted by atomic mass is 32.2. The quantitative estimate of drug-likeness (QED) is 0.729. The molecule has 0 bridgehead atoms. The van der Waals surface area contributed by atoms with Gasteiger partial charge in [0.25, 0.3) is 0 Å². The van der Waals surface area contributed by atoms with Crippen molar-refractivity contribution < 1.29 is 8.42 Å². The van der Waals surface area contributed by atoms with Crippen molar-refractivity contribution in [3.8, 4) is 0 Å². The fourth-order valence-electron chi connectivity index (χ4n) is 1.71. The van der Waals surface area contributed by atoms with Gasteiger partial charge in [0, 0.05) is 0 Å². The molecule has 4 N–H and O–H groups in total. The third kappa shape index (κ3) is 2.28. The lowest BCUT2D eigenvalue weighted by atomic mass is 10.5. The van der Waals surface area contributed by atoms with Crippen LogP contribution in [-0.4, -0.2) is 33.2 Å². The van der Waals surface area contributed by atoms with E-state index in [1.807, 2.05) is 0 Å². The van der Waals surface area contributed by atoms with Crippen LogP contribution in [0, 0.1) is 0 Å². The van der Waals surface area contributed by atoms with Gasteiger partial charge in [-0.3, -0.25) is 5.10 Å². The minimum atomic E-state index is -3.36. The van der Waals surface area contributed by atoms with Crippen molar-refractivity contribution in [2.75, 3.05) is 11.1 Å². The van der Waals surface area contributed by atoms with E-state index in [1.54, 1.807) is 0 Å². The molecule has 10 heteroatoms. The maximum absolute atomic E-state index is 12.3. The highest BCUT2D eigenvalue weighted by molar-refractivity contribution is 7.92. The molecule has 1 aliphatic rings. The summed E-state index contributed by atoms with van der Waals surface area (Å²) in [5.74, 6) is 0.679. The maximum atomic E-state index is 12.3. The van der Waals surface area contributed by atoms with Crippen LogP contribution in [0.3, 0.4) is 0 Å². The van der Waals surface area contributed by atoms with Gasteiger partial charge in [-0.1, -0.05) is 0 Å². The third-order valence-electron chi connectivity index (χ3n) is 2.80. The summed E-state index contributed by atoms with van der Waals surface area (Å²) in [5.41, 5.74) is 5.69. The summed E-state index contributed by atoms with van der Waals surface area (Å²) >= 11 is 1.04. The van der Waals surface area contributed by atoms with Crippen LogP contribution in [-0.2, 0) is 16.4 Å². The van der Waals surface area contributed by atoms with Gasteiger partial charge >= 0.3 is 0 Å². The molecule has 0 aliphatic heterocycles. The maximum Gasteiger partial charge on any atom is 0.187 e. The molecule has 0 saturated heterocycles. The van der Waals surface area contributed by atoms with Gasteiger partial charge in [-0.15, -0.1) is 0 Å². The van der Waals surface area contributed by atoms with Gasteiger partial charge in [0.15, 0.2) is 15.7 Å². The highest BCUT2D eigenvalue weighted by Crippen LogP contribution is 2.40. The normalized spacial score (nSPS) is 15.6. The molecule has 1 aliphatic carbocycles. The van der Waals surface area contributed by atoms with Crippen LogP contribution in [0.2, 0.25) is 0 Å². The molecule has 0 radical (unpaired) electrons. The zero-order valence-electron chi connectivity index (χ0n) is 9.83. The highest BCUT2D eigenvalue weighted by Gasteiger charge is 2.40. The minimum absolute atomic E-state index is 0.0666. The van der Waals surface area contributed by atoms with Crippen LogP contribution in [0.4, 0.5) is 10.8 Å². The van der Waals surface area contributed by atoms with Gasteiger partial charge in [0.05, 0.1) is 11.8 Å². The summed E-state index contributed by atoms with van der Waals surface area (Å²) < 4.78 is 28.5. The number of hydrogen-bond acceptors (Lipinski definition) is 8. The summed E-state index contributed by atoms with van der Waals surface area (Å²) in [6.45, 7) is 0.342. The average molecular weight is 300 g/mol. The zero-order valence-corrected chi connectivity index (χ0v) is 11.5. The Balaban J connectivity index is 1.86. The summed E-state index contributed by atoms with van der Waals surface area (Å²) in [6.07, 6.45) is 2.78. The first-order chi connectivity index (χ1) is 9.09. The predicted molar refractivity (Wildman–Crippen MR) is 70.4 cm³/mol. The summed E-state index contributed by atoms with van der Waals surface area (Å²) in [5, 5.41) is 9.54. The fourth-order valence-corrected chi connectivity index (χ4v) is 4.59. The van der Waals surface area contributed by atoms with Crippen molar-refractivity contribution in [1.29, 1.82) is 0 Å². The lowest BCUT2D eigenvalue weighted by Gasteiger charge is -2.06. The first-order valence-electron chi connectivity index (χ1n) is 5.66. The molecule has 102 valence electrons. The van der Waals surface area contributed by atoms with Gasteiger partial charge < -0.3 is 11.1 Å². The second-order valence-electron chi connectivity index (χ2n) is 4.26. The Bertz CT molecular complexity index is 674. The lowest BCUT2D eigenvalue weighted by molar-refractivity contribution is 0.595. The van der Waals surface area contributed by atoms with Crippen LogP contribution >= 0.6 is 11.5 Å². The third-order valence-corrected chi connectivity index (χ3v) is 6.08. The molecule has 2 aromatic heterocycles. The van der Waals surface area contributed by atoms with E-state index in [2.05, 4.69) is 24.9 Å². The molecule has 2 aromatic rings. The number of anilines is 2. The molecular formula is C9H12N6O2S2. The molecule has 8 nitrogen and oxygen atoms in total. The smallest absolute Gasteiger partial charge is 0.187 e. The van der Waals surface area contributed by atoms with Crippen LogP contribution in [0.25, 0.3) is 0 Å². The van der Waals surface area contributed by atoms with Gasteiger partial charge in [-0.25, -0.2) is 13.4 Å². The molecule has 1 saturated carbocycles. The van der Waals surface area contributed by atoms with Crippen LogP contribution < -0.4 is 11.1 Å². The first kappa shape index (κ1) is 12.4. The number of nitrogens with one attached hydrogen (secondary N) is 2. The number of aromatic nitrogens is 4. The number of hydrogen-bond donors (Lipinski definition) is 3. The Kier molecular flexibility index (Phi) is 2.90. The molecule has 2 heterocycles.